The number of hydrogen-bond donors (Lipinski definition) is 2. The van der Waals surface area contributed by atoms with Gasteiger partial charge in [-0.15, -0.1) is 0 Å². The number of carbonyl (C=O) groups excluding carboxylic acids is 2. The Kier molecular flexibility index (Phi) is 7.27. The Hall–Kier alpha value is -3.35. The summed E-state index contributed by atoms with van der Waals surface area (Å²) in [6.45, 7) is 1.60. The molecule has 1 saturated heterocycles. The highest BCUT2D eigenvalue weighted by Gasteiger charge is 2.31. The minimum absolute atomic E-state index is 0.0227. The van der Waals surface area contributed by atoms with Gasteiger partial charge in [0.25, 0.3) is 0 Å². The minimum atomic E-state index is -0.987. The molecule has 2 aromatic rings. The predicted molar refractivity (Wildman–Crippen MR) is 128 cm³/mol. The molecular weight excluding hydrogens is 418 g/mol. The lowest BCUT2D eigenvalue weighted by Gasteiger charge is -2.24. The fourth-order valence-electron chi connectivity index (χ4n) is 4.70. The van der Waals surface area contributed by atoms with Crippen molar-refractivity contribution in [2.24, 2.45) is 0 Å². The molecule has 174 valence electrons. The van der Waals surface area contributed by atoms with E-state index in [1.54, 1.807) is 4.90 Å². The maximum absolute atomic E-state index is 13.2. The fourth-order valence-corrected chi connectivity index (χ4v) is 4.70. The van der Waals surface area contributed by atoms with E-state index in [0.717, 1.165) is 16.9 Å². The Morgan fingerprint density at radius 2 is 1.61 bits per heavy atom. The van der Waals surface area contributed by atoms with Gasteiger partial charge in [-0.05, 0) is 54.2 Å². The number of urea groups is 1. The lowest BCUT2D eigenvalue weighted by molar-refractivity contribution is -0.138. The van der Waals surface area contributed by atoms with Crippen molar-refractivity contribution >= 4 is 29.3 Å². The molecule has 0 aromatic heterocycles. The van der Waals surface area contributed by atoms with Crippen LogP contribution in [0.2, 0.25) is 0 Å². The van der Waals surface area contributed by atoms with Crippen LogP contribution in [0.5, 0.6) is 0 Å². The van der Waals surface area contributed by atoms with Crippen molar-refractivity contribution in [1.82, 2.24) is 5.32 Å². The van der Waals surface area contributed by atoms with Gasteiger partial charge in [-0.2, -0.15) is 0 Å². The number of anilines is 2. The number of carboxylic acid groups (broad SMARTS) is 1. The summed E-state index contributed by atoms with van der Waals surface area (Å²) in [6, 6.07) is 16.0. The summed E-state index contributed by atoms with van der Waals surface area (Å²) < 4.78 is 0. The smallest absolute Gasteiger partial charge is 0.329 e. The number of carboxylic acids is 1. The van der Waals surface area contributed by atoms with E-state index in [1.807, 2.05) is 35.2 Å². The van der Waals surface area contributed by atoms with E-state index < -0.39 is 5.97 Å². The Morgan fingerprint density at radius 1 is 0.909 bits per heavy atom. The van der Waals surface area contributed by atoms with Crippen molar-refractivity contribution in [2.45, 2.75) is 57.4 Å². The number of rotatable bonds is 8. The average Bonchev–Trinajstić information content (AvgIpc) is 3.23. The number of carbonyl (C=O) groups is 3. The van der Waals surface area contributed by atoms with E-state index in [4.69, 9.17) is 5.11 Å². The van der Waals surface area contributed by atoms with Gasteiger partial charge >= 0.3 is 12.0 Å². The summed E-state index contributed by atoms with van der Waals surface area (Å²) in [5.74, 6) is -0.675. The van der Waals surface area contributed by atoms with Gasteiger partial charge in [-0.1, -0.05) is 43.5 Å². The Morgan fingerprint density at radius 3 is 2.30 bits per heavy atom. The Labute approximate surface area is 194 Å². The SMILES string of the molecule is O=C(O)CCC(=O)NCc1ccc(N2CCN(c3cccc(C4CCCCC4)c3)C2=O)cc1. The molecule has 0 spiro atoms. The molecule has 1 saturated carbocycles. The molecule has 2 fully saturated rings. The van der Waals surface area contributed by atoms with Gasteiger partial charge in [0.1, 0.15) is 0 Å². The topological polar surface area (TPSA) is 89.9 Å². The zero-order valence-electron chi connectivity index (χ0n) is 18.8. The van der Waals surface area contributed by atoms with Gasteiger partial charge < -0.3 is 10.4 Å². The maximum Gasteiger partial charge on any atom is 0.329 e. The zero-order chi connectivity index (χ0) is 23.2. The molecule has 0 radical (unpaired) electrons. The van der Waals surface area contributed by atoms with Gasteiger partial charge in [0.05, 0.1) is 6.42 Å². The molecule has 0 atom stereocenters. The van der Waals surface area contributed by atoms with E-state index in [2.05, 4.69) is 23.5 Å². The Bertz CT molecular complexity index is 999. The highest BCUT2D eigenvalue weighted by atomic mass is 16.4. The third-order valence-corrected chi connectivity index (χ3v) is 6.57. The van der Waals surface area contributed by atoms with Crippen molar-refractivity contribution in [3.05, 3.63) is 59.7 Å². The molecule has 1 heterocycles. The quantitative estimate of drug-likeness (QED) is 0.613. The molecule has 1 aliphatic heterocycles. The first-order valence-electron chi connectivity index (χ1n) is 11.8. The van der Waals surface area contributed by atoms with Gasteiger partial charge in [0.2, 0.25) is 5.91 Å². The second-order valence-corrected chi connectivity index (χ2v) is 8.85. The molecule has 2 aliphatic rings. The first-order valence-corrected chi connectivity index (χ1v) is 11.8. The highest BCUT2D eigenvalue weighted by Crippen LogP contribution is 2.35. The lowest BCUT2D eigenvalue weighted by atomic mass is 9.84. The standard InChI is InChI=1S/C26H31N3O4/c30-24(13-14-25(31)32)27-18-19-9-11-22(12-10-19)28-15-16-29(26(28)33)23-8-4-7-21(17-23)20-5-2-1-3-6-20/h4,7-12,17,20H,1-3,5-6,13-16,18H2,(H,27,30)(H,31,32). The molecule has 0 unspecified atom stereocenters. The van der Waals surface area contributed by atoms with Crippen molar-refractivity contribution < 1.29 is 19.5 Å². The molecule has 1 aliphatic carbocycles. The fraction of sp³-hybridized carbons (Fsp3) is 0.423. The number of hydrogen-bond acceptors (Lipinski definition) is 3. The summed E-state index contributed by atoms with van der Waals surface area (Å²) in [5, 5.41) is 11.4. The minimum Gasteiger partial charge on any atom is -0.481 e. The first kappa shape index (κ1) is 22.8. The van der Waals surface area contributed by atoms with Crippen LogP contribution in [0.15, 0.2) is 48.5 Å². The number of benzene rings is 2. The summed E-state index contributed by atoms with van der Waals surface area (Å²) >= 11 is 0. The number of aliphatic carboxylic acids is 1. The van der Waals surface area contributed by atoms with Gasteiger partial charge in [0.15, 0.2) is 0 Å². The highest BCUT2D eigenvalue weighted by molar-refractivity contribution is 6.06. The van der Waals surface area contributed by atoms with E-state index >= 15 is 0 Å². The Balaban J connectivity index is 1.36. The summed E-state index contributed by atoms with van der Waals surface area (Å²) in [4.78, 5) is 39.1. The molecule has 33 heavy (non-hydrogen) atoms. The monoisotopic (exact) mass is 449 g/mol. The summed E-state index contributed by atoms with van der Waals surface area (Å²) in [7, 11) is 0. The maximum atomic E-state index is 13.2. The van der Waals surface area contributed by atoms with Crippen LogP contribution in [0.1, 0.15) is 62.0 Å². The van der Waals surface area contributed by atoms with Crippen molar-refractivity contribution in [3.8, 4) is 0 Å². The molecule has 2 N–H and O–H groups in total. The number of nitrogens with one attached hydrogen (secondary N) is 1. The molecular formula is C26H31N3O4. The van der Waals surface area contributed by atoms with E-state index in [-0.39, 0.29) is 24.8 Å². The van der Waals surface area contributed by atoms with Crippen LogP contribution >= 0.6 is 0 Å². The van der Waals surface area contributed by atoms with E-state index in [1.165, 1.54) is 37.7 Å². The van der Waals surface area contributed by atoms with Crippen LogP contribution in [0, 0.1) is 0 Å². The summed E-state index contributed by atoms with van der Waals surface area (Å²) in [6.07, 6.45) is 6.15. The molecule has 7 nitrogen and oxygen atoms in total. The van der Waals surface area contributed by atoms with Gasteiger partial charge in [-0.3, -0.25) is 19.4 Å². The van der Waals surface area contributed by atoms with Crippen molar-refractivity contribution in [3.63, 3.8) is 0 Å². The average molecular weight is 450 g/mol. The second kappa shape index (κ2) is 10.5. The molecule has 0 bridgehead atoms. The lowest BCUT2D eigenvalue weighted by Crippen LogP contribution is -2.31. The third kappa shape index (κ3) is 5.72. The molecule has 7 heteroatoms. The predicted octanol–water partition coefficient (Wildman–Crippen LogP) is 4.66. The summed E-state index contributed by atoms with van der Waals surface area (Å²) in [5.41, 5.74) is 4.03. The van der Waals surface area contributed by atoms with E-state index in [9.17, 15) is 14.4 Å². The molecule has 2 aromatic carbocycles. The second-order valence-electron chi connectivity index (χ2n) is 8.85. The van der Waals surface area contributed by atoms with E-state index in [0.29, 0.717) is 25.6 Å². The van der Waals surface area contributed by atoms with Crippen LogP contribution in [-0.4, -0.2) is 36.1 Å². The first-order chi connectivity index (χ1) is 16.0. The van der Waals surface area contributed by atoms with Crippen LogP contribution < -0.4 is 15.1 Å². The van der Waals surface area contributed by atoms with Crippen molar-refractivity contribution in [2.75, 3.05) is 22.9 Å². The van der Waals surface area contributed by atoms with Crippen LogP contribution in [-0.2, 0) is 16.1 Å². The largest absolute Gasteiger partial charge is 0.481 e. The normalized spacial score (nSPS) is 16.8. The number of nitrogens with zero attached hydrogens (tertiary/aromatic N) is 2. The van der Waals surface area contributed by atoms with Crippen molar-refractivity contribution in [1.29, 1.82) is 0 Å². The number of amides is 3. The van der Waals surface area contributed by atoms with Crippen LogP contribution in [0.25, 0.3) is 0 Å². The van der Waals surface area contributed by atoms with Gasteiger partial charge in [-0.25, -0.2) is 4.79 Å². The van der Waals surface area contributed by atoms with Gasteiger partial charge in [0, 0.05) is 37.4 Å². The molecule has 3 amide bonds. The van der Waals surface area contributed by atoms with Crippen LogP contribution in [0.3, 0.4) is 0 Å². The third-order valence-electron chi connectivity index (χ3n) is 6.57. The van der Waals surface area contributed by atoms with Crippen LogP contribution in [0.4, 0.5) is 16.2 Å². The molecule has 4 rings (SSSR count). The zero-order valence-corrected chi connectivity index (χ0v) is 18.8.